The van der Waals surface area contributed by atoms with Crippen LogP contribution in [0.2, 0.25) is 0 Å². The second-order valence-electron chi connectivity index (χ2n) is 2.39. The Kier molecular flexibility index (Phi) is 7.91. The van der Waals surface area contributed by atoms with Crippen molar-refractivity contribution in [2.24, 2.45) is 0 Å². The molecule has 0 aliphatic carbocycles. The molecule has 0 aliphatic rings. The second kappa shape index (κ2) is 8.18. The van der Waals surface area contributed by atoms with E-state index in [0.29, 0.717) is 6.61 Å². The number of ether oxygens (including phenoxy) is 2. The summed E-state index contributed by atoms with van der Waals surface area (Å²) in [4.78, 5) is 10.3. The van der Waals surface area contributed by atoms with E-state index in [-0.39, 0.29) is 5.97 Å². The van der Waals surface area contributed by atoms with Gasteiger partial charge in [0, 0.05) is 0 Å². The van der Waals surface area contributed by atoms with Gasteiger partial charge >= 0.3 is 86.3 Å². The Balaban J connectivity index is 3.31. The number of hydrogen-bond acceptors (Lipinski definition) is 3. The van der Waals surface area contributed by atoms with Gasteiger partial charge in [-0.05, 0) is 0 Å². The van der Waals surface area contributed by atoms with E-state index < -0.39 is 0 Å². The zero-order valence-corrected chi connectivity index (χ0v) is 9.18. The van der Waals surface area contributed by atoms with E-state index in [9.17, 15) is 4.79 Å². The number of carbonyl (C=O) groups excluding carboxylic acids is 1. The van der Waals surface area contributed by atoms with Crippen LogP contribution in [0, 0.1) is 0 Å². The van der Waals surface area contributed by atoms with Gasteiger partial charge in [-0.15, -0.1) is 0 Å². The van der Waals surface area contributed by atoms with Crippen molar-refractivity contribution >= 4 is 10.5 Å². The third-order valence-corrected chi connectivity index (χ3v) is 1.87. The van der Waals surface area contributed by atoms with Gasteiger partial charge in [-0.25, -0.2) is 0 Å². The predicted molar refractivity (Wildman–Crippen MR) is 47.0 cm³/mol. The first-order valence-electron chi connectivity index (χ1n) is 4.02. The number of hydrogen-bond donors (Lipinski definition) is 0. The van der Waals surface area contributed by atoms with Crippen LogP contribution in [0.5, 0.6) is 0 Å². The molecule has 0 radical (unpaired) electrons. The molecule has 0 rings (SSSR count). The number of esters is 1. The van der Waals surface area contributed by atoms with Crippen LogP contribution in [0.4, 0.5) is 0 Å². The zero-order chi connectivity index (χ0) is 10.1. The van der Waals surface area contributed by atoms with Crippen LogP contribution in [-0.2, 0) is 30.1 Å². The SMILES string of the molecule is CO[C](=[Cr])CC/C=C/COC(C)=O. The average Bonchev–Trinajstić information content (AvgIpc) is 2.10. The van der Waals surface area contributed by atoms with E-state index in [1.54, 1.807) is 7.11 Å². The summed E-state index contributed by atoms with van der Waals surface area (Å²) in [6, 6.07) is 0. The van der Waals surface area contributed by atoms with Crippen molar-refractivity contribution in [1.29, 1.82) is 0 Å². The van der Waals surface area contributed by atoms with Crippen molar-refractivity contribution in [2.45, 2.75) is 19.8 Å². The van der Waals surface area contributed by atoms with Crippen LogP contribution in [0.1, 0.15) is 19.8 Å². The molecule has 0 aromatic carbocycles. The van der Waals surface area contributed by atoms with Gasteiger partial charge in [0.05, 0.1) is 0 Å². The van der Waals surface area contributed by atoms with Crippen molar-refractivity contribution in [3.05, 3.63) is 12.2 Å². The monoisotopic (exact) mass is 222 g/mol. The van der Waals surface area contributed by atoms with Gasteiger partial charge in [-0.2, -0.15) is 0 Å². The molecule has 13 heavy (non-hydrogen) atoms. The molecule has 0 bridgehead atoms. The van der Waals surface area contributed by atoms with Crippen molar-refractivity contribution in [3.8, 4) is 0 Å². The minimum absolute atomic E-state index is 0.252. The van der Waals surface area contributed by atoms with Gasteiger partial charge in [0.25, 0.3) is 0 Å². The predicted octanol–water partition coefficient (Wildman–Crippen LogP) is 1.21. The third-order valence-electron chi connectivity index (χ3n) is 1.29. The van der Waals surface area contributed by atoms with E-state index in [1.165, 1.54) is 6.92 Å². The molecule has 0 aromatic heterocycles. The fourth-order valence-electron chi connectivity index (χ4n) is 0.655. The number of rotatable bonds is 6. The quantitative estimate of drug-likeness (QED) is 0.500. The van der Waals surface area contributed by atoms with Crippen LogP contribution in [0.3, 0.4) is 0 Å². The number of allylic oxidation sites excluding steroid dienone is 1. The maximum absolute atomic E-state index is 10.3. The molecule has 3 nitrogen and oxygen atoms in total. The fourth-order valence-corrected chi connectivity index (χ4v) is 0.839. The average molecular weight is 222 g/mol. The van der Waals surface area contributed by atoms with Crippen molar-refractivity contribution in [2.75, 3.05) is 13.7 Å². The summed E-state index contributed by atoms with van der Waals surface area (Å²) < 4.78 is 10.5. The van der Waals surface area contributed by atoms with Crippen molar-refractivity contribution in [1.82, 2.24) is 0 Å². The van der Waals surface area contributed by atoms with E-state index in [2.05, 4.69) is 15.9 Å². The van der Waals surface area contributed by atoms with Gasteiger partial charge in [-0.1, -0.05) is 0 Å². The summed E-state index contributed by atoms with van der Waals surface area (Å²) in [5.41, 5.74) is 0. The van der Waals surface area contributed by atoms with Crippen LogP contribution < -0.4 is 0 Å². The van der Waals surface area contributed by atoms with Gasteiger partial charge in [-0.3, -0.25) is 0 Å². The van der Waals surface area contributed by atoms with Crippen LogP contribution in [-0.4, -0.2) is 24.3 Å². The third kappa shape index (κ3) is 9.49. The topological polar surface area (TPSA) is 35.5 Å². The number of methoxy groups -OCH3 is 1. The van der Waals surface area contributed by atoms with E-state index >= 15 is 0 Å². The summed E-state index contributed by atoms with van der Waals surface area (Å²) >= 11 is 2.81. The van der Waals surface area contributed by atoms with Crippen molar-refractivity contribution < 1.29 is 30.1 Å². The van der Waals surface area contributed by atoms with Gasteiger partial charge in [0.2, 0.25) is 0 Å². The van der Waals surface area contributed by atoms with Gasteiger partial charge in [0.15, 0.2) is 0 Å². The summed E-state index contributed by atoms with van der Waals surface area (Å²) in [5.74, 6) is -0.252. The first kappa shape index (κ1) is 12.6. The molecule has 0 unspecified atom stereocenters. The molecule has 0 atom stereocenters. The second-order valence-corrected chi connectivity index (χ2v) is 3.10. The van der Waals surface area contributed by atoms with Gasteiger partial charge in [0.1, 0.15) is 0 Å². The molecule has 0 spiro atoms. The molecule has 74 valence electrons. The molecular weight excluding hydrogens is 208 g/mol. The molecular formula is C9H14CrO3. The molecule has 0 saturated carbocycles. The zero-order valence-electron chi connectivity index (χ0n) is 7.91. The summed E-state index contributed by atoms with van der Waals surface area (Å²) in [6.07, 6.45) is 5.52. The molecule has 0 saturated heterocycles. The Labute approximate surface area is 86.7 Å². The minimum atomic E-state index is -0.252. The Hall–Kier alpha value is -0.428. The molecule has 0 aromatic rings. The summed E-state index contributed by atoms with van der Waals surface area (Å²) in [6.45, 7) is 1.75. The van der Waals surface area contributed by atoms with Crippen LogP contribution >= 0.6 is 0 Å². The first-order chi connectivity index (χ1) is 6.16. The van der Waals surface area contributed by atoms with Crippen LogP contribution in [0.25, 0.3) is 0 Å². The van der Waals surface area contributed by atoms with E-state index in [4.69, 9.17) is 9.47 Å². The standard InChI is InChI=1S/C9H14O3.Cr/c1-9(10)12-8-6-4-3-5-7-11-2;/h4,6H,3,5,8H2,1-2H3;/b6-4+;. The number of carbonyl (C=O) groups is 1. The molecule has 0 aliphatic heterocycles. The molecule has 0 amide bonds. The van der Waals surface area contributed by atoms with Crippen molar-refractivity contribution in [3.63, 3.8) is 0 Å². The molecule has 0 fully saturated rings. The van der Waals surface area contributed by atoms with Crippen LogP contribution in [0.15, 0.2) is 12.2 Å². The Bertz CT molecular complexity index is 199. The van der Waals surface area contributed by atoms with E-state index in [0.717, 1.165) is 17.4 Å². The molecule has 0 heterocycles. The summed E-state index contributed by atoms with van der Waals surface area (Å²) in [7, 11) is 1.63. The molecule has 4 heteroatoms. The van der Waals surface area contributed by atoms with E-state index in [1.807, 2.05) is 12.2 Å². The Morgan fingerprint density at radius 3 is 2.69 bits per heavy atom. The first-order valence-corrected chi connectivity index (χ1v) is 4.65. The fraction of sp³-hybridized carbons (Fsp3) is 0.556. The maximum atomic E-state index is 10.3. The van der Waals surface area contributed by atoms with Gasteiger partial charge < -0.3 is 0 Å². The Morgan fingerprint density at radius 2 is 2.15 bits per heavy atom. The molecule has 0 N–H and O–H groups in total. The summed E-state index contributed by atoms with van der Waals surface area (Å²) in [5, 5.41) is 0. The Morgan fingerprint density at radius 1 is 1.46 bits per heavy atom. The normalized spacial score (nSPS) is 10.3.